The smallest absolute Gasteiger partial charge is 0.225 e. The van der Waals surface area contributed by atoms with Crippen LogP contribution in [0.5, 0.6) is 5.88 Å². The molecule has 3 rings (SSSR count). The molecule has 25 heavy (non-hydrogen) atoms. The van der Waals surface area contributed by atoms with Crippen molar-refractivity contribution < 1.29 is 9.53 Å². The molecular weight excluding hydrogens is 318 g/mol. The van der Waals surface area contributed by atoms with Crippen molar-refractivity contribution >= 4 is 11.7 Å². The van der Waals surface area contributed by atoms with E-state index < -0.39 is 0 Å². The van der Waals surface area contributed by atoms with Crippen LogP contribution in [0.1, 0.15) is 25.3 Å². The van der Waals surface area contributed by atoms with E-state index in [9.17, 15) is 4.79 Å². The molecule has 7 nitrogen and oxygen atoms in total. The monoisotopic (exact) mass is 341 g/mol. The van der Waals surface area contributed by atoms with Gasteiger partial charge in [0.2, 0.25) is 11.8 Å². The van der Waals surface area contributed by atoms with Crippen LogP contribution in [0.2, 0.25) is 0 Å². The summed E-state index contributed by atoms with van der Waals surface area (Å²) in [5.74, 6) is 1.41. The number of amides is 1. The summed E-state index contributed by atoms with van der Waals surface area (Å²) < 4.78 is 5.50. The topological polar surface area (TPSA) is 80.2 Å². The van der Waals surface area contributed by atoms with Gasteiger partial charge in [0.25, 0.3) is 0 Å². The van der Waals surface area contributed by atoms with Crippen LogP contribution in [0.4, 0.5) is 5.82 Å². The number of hydrogen-bond donors (Lipinski definition) is 1. The first kappa shape index (κ1) is 17.1. The minimum Gasteiger partial charge on any atom is -0.478 e. The summed E-state index contributed by atoms with van der Waals surface area (Å²) in [5, 5.41) is 3.02. The maximum Gasteiger partial charge on any atom is 0.225 e. The van der Waals surface area contributed by atoms with Gasteiger partial charge in [-0.25, -0.2) is 9.97 Å². The van der Waals surface area contributed by atoms with Gasteiger partial charge in [0.15, 0.2) is 0 Å². The Bertz CT molecular complexity index is 695. The lowest BCUT2D eigenvalue weighted by molar-refractivity contribution is -0.125. The molecule has 1 saturated heterocycles. The highest BCUT2D eigenvalue weighted by Crippen LogP contribution is 2.21. The predicted octanol–water partition coefficient (Wildman–Crippen LogP) is 1.80. The standard InChI is InChI=1S/C18H23N5O2/c1-2-25-18-14(5-3-7-21-18)11-22-17(24)15-6-4-10-23(13-15)16-12-19-8-9-20-16/h3,5,7-9,12,15H,2,4,6,10-11,13H2,1H3,(H,22,24)/t15-/m1/s1. The lowest BCUT2D eigenvalue weighted by Gasteiger charge is -2.32. The molecule has 3 heterocycles. The van der Waals surface area contributed by atoms with Crippen LogP contribution in [-0.2, 0) is 11.3 Å². The number of carbonyl (C=O) groups excluding carboxylic acids is 1. The second kappa shape index (κ2) is 8.41. The molecule has 2 aromatic heterocycles. The summed E-state index contributed by atoms with van der Waals surface area (Å²) in [6, 6.07) is 3.77. The predicted molar refractivity (Wildman–Crippen MR) is 94.2 cm³/mol. The average Bonchev–Trinajstić information content (AvgIpc) is 2.68. The van der Waals surface area contributed by atoms with Crippen molar-refractivity contribution in [2.24, 2.45) is 5.92 Å². The molecule has 0 saturated carbocycles. The molecule has 0 radical (unpaired) electrons. The van der Waals surface area contributed by atoms with Crippen LogP contribution < -0.4 is 15.0 Å². The van der Waals surface area contributed by atoms with Crippen LogP contribution in [-0.4, -0.2) is 40.6 Å². The van der Waals surface area contributed by atoms with E-state index in [4.69, 9.17) is 4.74 Å². The number of carbonyl (C=O) groups is 1. The highest BCUT2D eigenvalue weighted by Gasteiger charge is 2.26. The number of pyridine rings is 1. The second-order valence-electron chi connectivity index (χ2n) is 5.97. The number of anilines is 1. The zero-order valence-electron chi connectivity index (χ0n) is 14.4. The summed E-state index contributed by atoms with van der Waals surface area (Å²) in [6.45, 7) is 4.45. The minimum absolute atomic E-state index is 0.0528. The molecule has 7 heteroatoms. The molecule has 0 aromatic carbocycles. The van der Waals surface area contributed by atoms with Gasteiger partial charge < -0.3 is 15.0 Å². The zero-order valence-corrected chi connectivity index (χ0v) is 14.4. The molecule has 1 fully saturated rings. The lowest BCUT2D eigenvalue weighted by Crippen LogP contribution is -2.43. The van der Waals surface area contributed by atoms with Crippen LogP contribution in [0.25, 0.3) is 0 Å². The molecule has 1 aliphatic heterocycles. The summed E-state index contributed by atoms with van der Waals surface area (Å²) in [6.07, 6.45) is 8.61. The number of hydrogen-bond acceptors (Lipinski definition) is 6. The Morgan fingerprint density at radius 3 is 3.08 bits per heavy atom. The van der Waals surface area contributed by atoms with Gasteiger partial charge in [0, 0.05) is 43.8 Å². The molecule has 132 valence electrons. The van der Waals surface area contributed by atoms with Gasteiger partial charge in [-0.3, -0.25) is 9.78 Å². The largest absolute Gasteiger partial charge is 0.478 e. The first-order chi connectivity index (χ1) is 12.3. The number of nitrogens with one attached hydrogen (secondary N) is 1. The van der Waals surface area contributed by atoms with E-state index in [0.29, 0.717) is 25.6 Å². The maximum absolute atomic E-state index is 12.6. The van der Waals surface area contributed by atoms with Gasteiger partial charge in [-0.15, -0.1) is 0 Å². The lowest BCUT2D eigenvalue weighted by atomic mass is 9.97. The quantitative estimate of drug-likeness (QED) is 0.863. The van der Waals surface area contributed by atoms with Crippen molar-refractivity contribution in [3.8, 4) is 5.88 Å². The molecule has 1 amide bonds. The van der Waals surface area contributed by atoms with Gasteiger partial charge in [0.1, 0.15) is 5.82 Å². The fraction of sp³-hybridized carbons (Fsp3) is 0.444. The molecule has 0 bridgehead atoms. The third-order valence-electron chi connectivity index (χ3n) is 4.25. The van der Waals surface area contributed by atoms with Crippen molar-refractivity contribution in [3.63, 3.8) is 0 Å². The Morgan fingerprint density at radius 1 is 1.36 bits per heavy atom. The first-order valence-electron chi connectivity index (χ1n) is 8.63. The van der Waals surface area contributed by atoms with Crippen molar-refractivity contribution in [2.75, 3.05) is 24.6 Å². The molecule has 1 atom stereocenters. The highest BCUT2D eigenvalue weighted by atomic mass is 16.5. The van der Waals surface area contributed by atoms with Crippen molar-refractivity contribution in [1.82, 2.24) is 20.3 Å². The Labute approximate surface area is 147 Å². The van der Waals surface area contributed by atoms with Crippen LogP contribution in [0.15, 0.2) is 36.9 Å². The second-order valence-corrected chi connectivity index (χ2v) is 5.97. The molecule has 2 aromatic rings. The highest BCUT2D eigenvalue weighted by molar-refractivity contribution is 5.79. The average molecular weight is 341 g/mol. The normalized spacial score (nSPS) is 17.2. The SMILES string of the molecule is CCOc1ncccc1CNC(=O)[C@@H]1CCCN(c2cnccn2)C1. The molecular formula is C18H23N5O2. The Hall–Kier alpha value is -2.70. The Morgan fingerprint density at radius 2 is 2.28 bits per heavy atom. The third-order valence-corrected chi connectivity index (χ3v) is 4.25. The molecule has 1 aliphatic rings. The number of ether oxygens (including phenoxy) is 1. The van der Waals surface area contributed by atoms with Gasteiger partial charge in [-0.2, -0.15) is 0 Å². The van der Waals surface area contributed by atoms with Crippen molar-refractivity contribution in [3.05, 3.63) is 42.5 Å². The van der Waals surface area contributed by atoms with Crippen molar-refractivity contribution in [1.29, 1.82) is 0 Å². The fourth-order valence-corrected chi connectivity index (χ4v) is 3.01. The number of nitrogens with zero attached hydrogens (tertiary/aromatic N) is 4. The molecule has 0 aliphatic carbocycles. The summed E-state index contributed by atoms with van der Waals surface area (Å²) in [7, 11) is 0. The van der Waals surface area contributed by atoms with E-state index in [1.807, 2.05) is 19.1 Å². The summed E-state index contributed by atoms with van der Waals surface area (Å²) >= 11 is 0. The Balaban J connectivity index is 1.58. The first-order valence-corrected chi connectivity index (χ1v) is 8.63. The summed E-state index contributed by atoms with van der Waals surface area (Å²) in [4.78, 5) is 27.4. The van der Waals surface area contributed by atoms with Gasteiger partial charge in [-0.05, 0) is 25.8 Å². The van der Waals surface area contributed by atoms with Crippen LogP contribution >= 0.6 is 0 Å². The van der Waals surface area contributed by atoms with E-state index in [0.717, 1.165) is 30.8 Å². The fourth-order valence-electron chi connectivity index (χ4n) is 3.01. The van der Waals surface area contributed by atoms with Crippen LogP contribution in [0, 0.1) is 5.92 Å². The van der Waals surface area contributed by atoms with Crippen LogP contribution in [0.3, 0.4) is 0 Å². The van der Waals surface area contributed by atoms with E-state index >= 15 is 0 Å². The number of aromatic nitrogens is 3. The minimum atomic E-state index is -0.0528. The molecule has 1 N–H and O–H groups in total. The van der Waals surface area contributed by atoms with Gasteiger partial charge >= 0.3 is 0 Å². The zero-order chi connectivity index (χ0) is 17.5. The van der Waals surface area contributed by atoms with E-state index in [1.165, 1.54) is 0 Å². The van der Waals surface area contributed by atoms with Gasteiger partial charge in [-0.1, -0.05) is 6.07 Å². The number of rotatable bonds is 6. The van der Waals surface area contributed by atoms with E-state index in [-0.39, 0.29) is 11.8 Å². The van der Waals surface area contributed by atoms with Gasteiger partial charge in [0.05, 0.1) is 18.7 Å². The van der Waals surface area contributed by atoms with E-state index in [1.54, 1.807) is 24.8 Å². The maximum atomic E-state index is 12.6. The molecule has 0 spiro atoms. The Kier molecular flexibility index (Phi) is 5.77. The molecule has 0 unspecified atom stereocenters. The summed E-state index contributed by atoms with van der Waals surface area (Å²) in [5.41, 5.74) is 0.888. The number of piperidine rings is 1. The van der Waals surface area contributed by atoms with E-state index in [2.05, 4.69) is 25.2 Å². The third kappa shape index (κ3) is 4.43. The van der Waals surface area contributed by atoms with Crippen molar-refractivity contribution in [2.45, 2.75) is 26.3 Å².